The Hall–Kier alpha value is -0.250. The van der Waals surface area contributed by atoms with Crippen LogP contribution in [0, 0.1) is 0 Å². The summed E-state index contributed by atoms with van der Waals surface area (Å²) in [6, 6.07) is 0. The molecule has 0 aromatic rings. The first-order chi connectivity index (χ1) is 5.44. The van der Waals surface area contributed by atoms with Crippen LogP contribution >= 0.6 is 0 Å². The average Bonchev–Trinajstić information content (AvgIpc) is 1.84. The van der Waals surface area contributed by atoms with Crippen LogP contribution in [0.2, 0.25) is 0 Å². The van der Waals surface area contributed by atoms with E-state index in [1.165, 1.54) is 0 Å². The maximum Gasteiger partial charge on any atom is 0.275 e. The molecule has 0 heterocycles. The minimum atomic E-state index is -4.75. The van der Waals surface area contributed by atoms with Crippen molar-refractivity contribution in [1.82, 2.24) is 0 Å². The van der Waals surface area contributed by atoms with Gasteiger partial charge in [-0.05, 0) is 13.8 Å². The monoisotopic (exact) mass is 215 g/mol. The minimum Gasteiger partial charge on any atom is -0.373 e. The first-order valence-electron chi connectivity index (χ1n) is 3.30. The number of aliphatic hydroxyl groups is 3. The number of nitrogens with two attached hydrogens (primary N) is 1. The van der Waals surface area contributed by atoms with Crippen LogP contribution in [0.15, 0.2) is 0 Å². The van der Waals surface area contributed by atoms with Crippen LogP contribution < -0.4 is 5.73 Å². The van der Waals surface area contributed by atoms with E-state index < -0.39 is 26.9 Å². The van der Waals surface area contributed by atoms with E-state index in [-0.39, 0.29) is 0 Å². The summed E-state index contributed by atoms with van der Waals surface area (Å²) in [5, 5.41) is 26.9. The van der Waals surface area contributed by atoms with Crippen molar-refractivity contribution >= 4 is 10.1 Å². The maximum atomic E-state index is 10.7. The molecule has 1 unspecified atom stereocenters. The largest absolute Gasteiger partial charge is 0.373 e. The molecule has 0 spiro atoms. The summed E-state index contributed by atoms with van der Waals surface area (Å²) in [4.78, 5) is 0. The van der Waals surface area contributed by atoms with Crippen molar-refractivity contribution in [2.75, 3.05) is 0 Å². The summed E-state index contributed by atoms with van der Waals surface area (Å²) < 4.78 is 27.6. The van der Waals surface area contributed by atoms with Crippen LogP contribution in [0.4, 0.5) is 0 Å². The van der Waals surface area contributed by atoms with E-state index in [0.29, 0.717) is 0 Å². The van der Waals surface area contributed by atoms with E-state index >= 15 is 0 Å². The van der Waals surface area contributed by atoms with Crippen molar-refractivity contribution in [3.8, 4) is 0 Å². The Kier molecular flexibility index (Phi) is 3.09. The maximum absolute atomic E-state index is 10.7. The van der Waals surface area contributed by atoms with E-state index in [1.807, 2.05) is 0 Å². The lowest BCUT2D eigenvalue weighted by molar-refractivity contribution is -0.240. The van der Waals surface area contributed by atoms with Crippen molar-refractivity contribution in [3.63, 3.8) is 0 Å². The highest BCUT2D eigenvalue weighted by molar-refractivity contribution is 7.87. The van der Waals surface area contributed by atoms with Crippen LogP contribution in [0.1, 0.15) is 13.8 Å². The molecule has 1 atom stereocenters. The SMILES string of the molecule is CC(C)(C(O)(O)C(N)O)S(=O)(=O)O. The zero-order valence-electron chi connectivity index (χ0n) is 7.17. The molecule has 0 aromatic carbocycles. The van der Waals surface area contributed by atoms with Crippen molar-refractivity contribution in [1.29, 1.82) is 0 Å². The molecule has 0 rings (SSSR count). The third-order valence-corrected chi connectivity index (χ3v) is 3.53. The van der Waals surface area contributed by atoms with Gasteiger partial charge in [0.05, 0.1) is 0 Å². The first kappa shape index (κ1) is 12.8. The van der Waals surface area contributed by atoms with E-state index in [9.17, 15) is 8.42 Å². The summed E-state index contributed by atoms with van der Waals surface area (Å²) in [7, 11) is -4.75. The van der Waals surface area contributed by atoms with Gasteiger partial charge >= 0.3 is 0 Å². The quantitative estimate of drug-likeness (QED) is 0.261. The molecule has 0 radical (unpaired) electrons. The normalized spacial score (nSPS) is 17.2. The number of hydrogen-bond donors (Lipinski definition) is 5. The van der Waals surface area contributed by atoms with E-state index in [0.717, 1.165) is 13.8 Å². The van der Waals surface area contributed by atoms with Crippen LogP contribution in [0.5, 0.6) is 0 Å². The molecule has 0 saturated carbocycles. The highest BCUT2D eigenvalue weighted by Crippen LogP contribution is 2.28. The second kappa shape index (κ2) is 3.15. The van der Waals surface area contributed by atoms with Gasteiger partial charge in [0.25, 0.3) is 10.1 Å². The third-order valence-electron chi connectivity index (χ3n) is 1.94. The standard InChI is InChI=1S/C5H13NO6S/c1-4(2,13(10,11)12)5(8,9)3(6)7/h3,7-9H,6H2,1-2H3,(H,10,11,12). The molecule has 0 aliphatic carbocycles. The van der Waals surface area contributed by atoms with Crippen LogP contribution in [0.3, 0.4) is 0 Å². The summed E-state index contributed by atoms with van der Waals surface area (Å²) in [6.45, 7) is 1.64. The van der Waals surface area contributed by atoms with Crippen LogP contribution in [-0.4, -0.2) is 45.1 Å². The smallest absolute Gasteiger partial charge is 0.275 e. The molecule has 80 valence electrons. The topological polar surface area (TPSA) is 141 Å². The molecule has 0 aliphatic heterocycles. The van der Waals surface area contributed by atoms with Gasteiger partial charge in [0.1, 0.15) is 4.75 Å². The van der Waals surface area contributed by atoms with Gasteiger partial charge in [-0.1, -0.05) is 0 Å². The lowest BCUT2D eigenvalue weighted by atomic mass is 10.0. The Balaban J connectivity index is 5.29. The van der Waals surface area contributed by atoms with Crippen molar-refractivity contribution in [2.45, 2.75) is 30.6 Å². The summed E-state index contributed by atoms with van der Waals surface area (Å²) in [5.74, 6) is -3.12. The second-order valence-electron chi connectivity index (χ2n) is 3.16. The zero-order valence-corrected chi connectivity index (χ0v) is 7.98. The lowest BCUT2D eigenvalue weighted by Crippen LogP contribution is -2.64. The molecule has 0 fully saturated rings. The molecule has 0 aromatic heterocycles. The van der Waals surface area contributed by atoms with Crippen molar-refractivity contribution < 1.29 is 28.3 Å². The van der Waals surface area contributed by atoms with Gasteiger partial charge in [0.2, 0.25) is 5.79 Å². The predicted molar refractivity (Wildman–Crippen MR) is 43.0 cm³/mol. The molecule has 0 aliphatic rings. The summed E-state index contributed by atoms with van der Waals surface area (Å²) in [5.41, 5.74) is 4.73. The second-order valence-corrected chi connectivity index (χ2v) is 5.13. The van der Waals surface area contributed by atoms with Gasteiger partial charge in [-0.3, -0.25) is 4.55 Å². The number of aliphatic hydroxyl groups excluding tert-OH is 1. The van der Waals surface area contributed by atoms with Gasteiger partial charge < -0.3 is 21.1 Å². The summed E-state index contributed by atoms with van der Waals surface area (Å²) in [6.07, 6.45) is -2.20. The fraction of sp³-hybridized carbons (Fsp3) is 1.00. The Morgan fingerprint density at radius 1 is 1.31 bits per heavy atom. The fourth-order valence-corrected chi connectivity index (χ4v) is 1.05. The molecular weight excluding hydrogens is 202 g/mol. The highest BCUT2D eigenvalue weighted by Gasteiger charge is 2.55. The minimum absolute atomic E-state index is 0.818. The predicted octanol–water partition coefficient (Wildman–Crippen LogP) is -2.39. The molecule has 0 amide bonds. The molecule has 8 heteroatoms. The van der Waals surface area contributed by atoms with Crippen molar-refractivity contribution in [3.05, 3.63) is 0 Å². The van der Waals surface area contributed by atoms with E-state index in [4.69, 9.17) is 25.6 Å². The highest BCUT2D eigenvalue weighted by atomic mass is 32.2. The average molecular weight is 215 g/mol. The van der Waals surface area contributed by atoms with Gasteiger partial charge in [-0.25, -0.2) is 0 Å². The molecular formula is C5H13NO6S. The molecule has 13 heavy (non-hydrogen) atoms. The molecule has 0 saturated heterocycles. The van der Waals surface area contributed by atoms with Crippen LogP contribution in [-0.2, 0) is 10.1 Å². The van der Waals surface area contributed by atoms with E-state index in [1.54, 1.807) is 0 Å². The van der Waals surface area contributed by atoms with Crippen molar-refractivity contribution in [2.24, 2.45) is 5.73 Å². The Bertz CT molecular complexity index is 279. The molecule has 0 bridgehead atoms. The molecule has 7 nitrogen and oxygen atoms in total. The number of rotatable bonds is 3. The van der Waals surface area contributed by atoms with Crippen LogP contribution in [0.25, 0.3) is 0 Å². The molecule has 6 N–H and O–H groups in total. The Morgan fingerprint density at radius 3 is 1.69 bits per heavy atom. The lowest BCUT2D eigenvalue weighted by Gasteiger charge is -2.36. The zero-order chi connectivity index (χ0) is 11.1. The van der Waals surface area contributed by atoms with Gasteiger partial charge in [0, 0.05) is 0 Å². The third kappa shape index (κ3) is 1.98. The first-order valence-corrected chi connectivity index (χ1v) is 4.74. The van der Waals surface area contributed by atoms with Gasteiger partial charge in [-0.15, -0.1) is 0 Å². The van der Waals surface area contributed by atoms with Gasteiger partial charge in [0.15, 0.2) is 6.23 Å². The summed E-state index contributed by atoms with van der Waals surface area (Å²) >= 11 is 0. The van der Waals surface area contributed by atoms with E-state index in [2.05, 4.69) is 0 Å². The Morgan fingerprint density at radius 2 is 1.62 bits per heavy atom. The number of hydrogen-bond acceptors (Lipinski definition) is 6. The van der Waals surface area contributed by atoms with Gasteiger partial charge in [-0.2, -0.15) is 8.42 Å². The fourth-order valence-electron chi connectivity index (χ4n) is 0.546. The Labute approximate surface area is 75.6 Å².